The zero-order valence-corrected chi connectivity index (χ0v) is 19.4. The molecule has 0 spiro atoms. The number of imidazole rings is 1. The number of fused-ring (bicyclic) bond motifs is 3. The first-order valence-corrected chi connectivity index (χ1v) is 11.7. The molecular weight excluding hydrogens is 410 g/mol. The van der Waals surface area contributed by atoms with Crippen molar-refractivity contribution in [2.75, 3.05) is 6.54 Å². The van der Waals surface area contributed by atoms with Crippen LogP contribution in [0.25, 0.3) is 22.2 Å². The molecule has 168 valence electrons. The normalized spacial score (nSPS) is 19.4. The third kappa shape index (κ3) is 3.78. The summed E-state index contributed by atoms with van der Waals surface area (Å²) in [5, 5.41) is 3.59. The summed E-state index contributed by atoms with van der Waals surface area (Å²) in [6, 6.07) is 12.8. The Bertz CT molecular complexity index is 1360. The smallest absolute Gasteiger partial charge is 0.153 e. The predicted molar refractivity (Wildman–Crippen MR) is 129 cm³/mol. The van der Waals surface area contributed by atoms with Crippen molar-refractivity contribution in [3.8, 4) is 16.9 Å². The molecule has 2 aromatic carbocycles. The molecule has 6 nitrogen and oxygen atoms in total. The third-order valence-corrected chi connectivity index (χ3v) is 6.98. The van der Waals surface area contributed by atoms with Crippen LogP contribution in [0.15, 0.2) is 42.7 Å². The number of aromatic amines is 1. The molecular formula is C27H29N5O. The van der Waals surface area contributed by atoms with Gasteiger partial charge in [0.2, 0.25) is 0 Å². The number of nitrogens with one attached hydrogen (secondary N) is 2. The fraction of sp³-hybridized carbons (Fsp3) is 0.370. The first-order chi connectivity index (χ1) is 15.9. The number of hydrogen-bond donors (Lipinski definition) is 2. The van der Waals surface area contributed by atoms with Crippen LogP contribution in [0.3, 0.4) is 0 Å². The maximum Gasteiger partial charge on any atom is 0.153 e. The predicted octanol–water partition coefficient (Wildman–Crippen LogP) is 5.07. The molecule has 2 aromatic heterocycles. The van der Waals surface area contributed by atoms with E-state index in [0.29, 0.717) is 0 Å². The van der Waals surface area contributed by atoms with Crippen LogP contribution in [-0.4, -0.2) is 26.5 Å². The first kappa shape index (κ1) is 20.4. The molecule has 0 bridgehead atoms. The maximum absolute atomic E-state index is 6.57. The minimum absolute atomic E-state index is 0.118. The van der Waals surface area contributed by atoms with Crippen molar-refractivity contribution in [2.24, 2.45) is 5.41 Å². The van der Waals surface area contributed by atoms with E-state index >= 15 is 0 Å². The second-order valence-electron chi connectivity index (χ2n) is 10.1. The van der Waals surface area contributed by atoms with Crippen molar-refractivity contribution in [2.45, 2.75) is 52.7 Å². The average Bonchev–Trinajstić information content (AvgIpc) is 3.04. The van der Waals surface area contributed by atoms with Crippen LogP contribution in [0.4, 0.5) is 0 Å². The minimum atomic E-state index is -0.118. The van der Waals surface area contributed by atoms with Crippen LogP contribution in [0, 0.1) is 12.3 Å². The van der Waals surface area contributed by atoms with Gasteiger partial charge in [-0.2, -0.15) is 0 Å². The van der Waals surface area contributed by atoms with Gasteiger partial charge >= 0.3 is 0 Å². The van der Waals surface area contributed by atoms with E-state index in [4.69, 9.17) is 9.72 Å². The van der Waals surface area contributed by atoms with E-state index in [2.05, 4.69) is 70.5 Å². The van der Waals surface area contributed by atoms with Crippen LogP contribution < -0.4 is 10.1 Å². The molecule has 1 aliphatic heterocycles. The number of H-pyrrole nitrogens is 1. The molecule has 1 atom stereocenters. The summed E-state index contributed by atoms with van der Waals surface area (Å²) in [5.41, 5.74) is 9.34. The molecule has 4 aromatic rings. The molecule has 1 unspecified atom stereocenters. The number of rotatable bonds is 2. The lowest BCUT2D eigenvalue weighted by molar-refractivity contribution is 0.200. The molecule has 0 saturated carbocycles. The molecule has 1 aliphatic carbocycles. The van der Waals surface area contributed by atoms with Gasteiger partial charge in [-0.1, -0.05) is 26.0 Å². The molecule has 0 radical (unpaired) electrons. The van der Waals surface area contributed by atoms with E-state index in [1.807, 2.05) is 6.92 Å². The van der Waals surface area contributed by atoms with Crippen molar-refractivity contribution in [3.05, 3.63) is 71.1 Å². The van der Waals surface area contributed by atoms with E-state index in [1.165, 1.54) is 27.9 Å². The molecule has 0 fully saturated rings. The van der Waals surface area contributed by atoms with Crippen molar-refractivity contribution in [1.82, 2.24) is 25.3 Å². The van der Waals surface area contributed by atoms with Crippen LogP contribution in [-0.2, 0) is 19.4 Å². The van der Waals surface area contributed by atoms with Crippen molar-refractivity contribution in [1.29, 1.82) is 0 Å². The highest BCUT2D eigenvalue weighted by molar-refractivity contribution is 5.82. The second kappa shape index (κ2) is 7.66. The lowest BCUT2D eigenvalue weighted by atomic mass is 9.75. The van der Waals surface area contributed by atoms with Gasteiger partial charge in [0.25, 0.3) is 0 Å². The van der Waals surface area contributed by atoms with Gasteiger partial charge in [-0.05, 0) is 72.6 Å². The standard InChI is InChI=1S/C27H29N5O/c1-16-31-22-6-4-18(11-23(22)32-16)17-5-7-24-19(10-17)13-28-14-25(33-24)26-20-12-27(2,3)9-8-21(20)29-15-30-26/h4-7,10-11,15,25,28H,8-9,12-14H2,1-3H3,(H,31,32). The summed E-state index contributed by atoms with van der Waals surface area (Å²) in [6.45, 7) is 8.14. The number of aromatic nitrogens is 4. The largest absolute Gasteiger partial charge is 0.482 e. The highest BCUT2D eigenvalue weighted by Gasteiger charge is 2.32. The average molecular weight is 440 g/mol. The first-order valence-electron chi connectivity index (χ1n) is 11.7. The zero-order valence-electron chi connectivity index (χ0n) is 19.4. The van der Waals surface area contributed by atoms with E-state index in [1.54, 1.807) is 6.33 Å². The molecule has 6 rings (SSSR count). The summed E-state index contributed by atoms with van der Waals surface area (Å²) < 4.78 is 6.57. The summed E-state index contributed by atoms with van der Waals surface area (Å²) >= 11 is 0. The lowest BCUT2D eigenvalue weighted by Gasteiger charge is -2.32. The molecule has 2 N–H and O–H groups in total. The van der Waals surface area contributed by atoms with Gasteiger partial charge in [0.15, 0.2) is 6.10 Å². The fourth-order valence-corrected chi connectivity index (χ4v) is 5.19. The summed E-state index contributed by atoms with van der Waals surface area (Å²) in [4.78, 5) is 17.1. The Labute approximate surface area is 193 Å². The molecule has 2 aliphatic rings. The molecule has 0 saturated heterocycles. The highest BCUT2D eigenvalue weighted by Crippen LogP contribution is 2.38. The van der Waals surface area contributed by atoms with Crippen molar-refractivity contribution < 1.29 is 4.74 Å². The second-order valence-corrected chi connectivity index (χ2v) is 10.1. The maximum atomic E-state index is 6.57. The van der Waals surface area contributed by atoms with E-state index in [9.17, 15) is 0 Å². The van der Waals surface area contributed by atoms with Gasteiger partial charge in [-0.3, -0.25) is 0 Å². The minimum Gasteiger partial charge on any atom is -0.482 e. The lowest BCUT2D eigenvalue weighted by Crippen LogP contribution is -2.29. The van der Waals surface area contributed by atoms with E-state index < -0.39 is 0 Å². The van der Waals surface area contributed by atoms with Gasteiger partial charge in [-0.25, -0.2) is 15.0 Å². The van der Waals surface area contributed by atoms with Crippen LogP contribution in [0.1, 0.15) is 54.7 Å². The third-order valence-electron chi connectivity index (χ3n) is 6.98. The number of ether oxygens (including phenoxy) is 1. The summed E-state index contributed by atoms with van der Waals surface area (Å²) in [5.74, 6) is 1.86. The quantitative estimate of drug-likeness (QED) is 0.456. The Balaban J connectivity index is 1.32. The van der Waals surface area contributed by atoms with Crippen molar-refractivity contribution in [3.63, 3.8) is 0 Å². The van der Waals surface area contributed by atoms with Crippen LogP contribution >= 0.6 is 0 Å². The van der Waals surface area contributed by atoms with Gasteiger partial charge in [-0.15, -0.1) is 0 Å². The van der Waals surface area contributed by atoms with Crippen molar-refractivity contribution >= 4 is 11.0 Å². The van der Waals surface area contributed by atoms with Gasteiger partial charge < -0.3 is 15.0 Å². The summed E-state index contributed by atoms with van der Waals surface area (Å²) in [6.07, 6.45) is 4.76. The number of nitrogens with zero attached hydrogens (tertiary/aromatic N) is 3. The monoisotopic (exact) mass is 439 g/mol. The Morgan fingerprint density at radius 2 is 1.91 bits per heavy atom. The molecule has 0 amide bonds. The van der Waals surface area contributed by atoms with Crippen LogP contribution in [0.5, 0.6) is 5.75 Å². The fourth-order valence-electron chi connectivity index (χ4n) is 5.19. The number of aryl methyl sites for hydroxylation is 2. The Morgan fingerprint density at radius 3 is 2.82 bits per heavy atom. The Kier molecular flexibility index (Phi) is 4.73. The Morgan fingerprint density at radius 1 is 1.06 bits per heavy atom. The number of hydrogen-bond acceptors (Lipinski definition) is 5. The SMILES string of the molecule is Cc1nc2ccc(-c3ccc4c(c3)CNCC(c3ncnc5c3CC(C)(C)CC5)O4)cc2[nH]1. The molecule has 33 heavy (non-hydrogen) atoms. The zero-order chi connectivity index (χ0) is 22.6. The Hall–Kier alpha value is -3.25. The molecule has 6 heteroatoms. The van der Waals surface area contributed by atoms with E-state index in [-0.39, 0.29) is 11.5 Å². The highest BCUT2D eigenvalue weighted by atomic mass is 16.5. The van der Waals surface area contributed by atoms with Gasteiger partial charge in [0.05, 0.1) is 16.7 Å². The van der Waals surface area contributed by atoms with Crippen LogP contribution in [0.2, 0.25) is 0 Å². The number of benzene rings is 2. The van der Waals surface area contributed by atoms with E-state index in [0.717, 1.165) is 60.7 Å². The van der Waals surface area contributed by atoms with Gasteiger partial charge in [0.1, 0.15) is 17.9 Å². The van der Waals surface area contributed by atoms with Gasteiger partial charge in [0, 0.05) is 24.3 Å². The summed E-state index contributed by atoms with van der Waals surface area (Å²) in [7, 11) is 0. The topological polar surface area (TPSA) is 75.7 Å². The molecule has 3 heterocycles.